The zero-order valence-electron chi connectivity index (χ0n) is 36.9. The molecule has 8 aliphatic heterocycles. The first-order valence-electron chi connectivity index (χ1n) is 24.2. The fourth-order valence-corrected chi connectivity index (χ4v) is 15.8. The third kappa shape index (κ3) is 2.68. The van der Waals surface area contributed by atoms with Gasteiger partial charge in [-0.15, -0.1) is 0 Å². The van der Waals surface area contributed by atoms with Crippen molar-refractivity contribution in [2.75, 3.05) is 0 Å². The summed E-state index contributed by atoms with van der Waals surface area (Å²) in [5.41, 5.74) is 27.7. The molecule has 2 atom stereocenters. The summed E-state index contributed by atoms with van der Waals surface area (Å²) in [5.74, 6) is -1.95. The van der Waals surface area contributed by atoms with Crippen molar-refractivity contribution in [1.29, 1.82) is 0 Å². The van der Waals surface area contributed by atoms with Crippen LogP contribution in [0.25, 0.3) is 178 Å². The highest BCUT2D eigenvalue weighted by Crippen LogP contribution is 2.51. The van der Waals surface area contributed by atoms with Crippen LogP contribution in [0.15, 0.2) is 135 Å². The van der Waals surface area contributed by atoms with E-state index in [1.165, 1.54) is 0 Å². The summed E-state index contributed by atoms with van der Waals surface area (Å²) >= 11 is 0. The van der Waals surface area contributed by atoms with Crippen LogP contribution in [0, 0.1) is 0 Å². The Labute approximate surface area is 398 Å². The smallest absolute Gasteiger partial charge is 0.253 e. The van der Waals surface area contributed by atoms with Crippen LogP contribution in [0.5, 0.6) is 0 Å². The summed E-state index contributed by atoms with van der Waals surface area (Å²) < 4.78 is 20.6. The third-order valence-corrected chi connectivity index (χ3v) is 17.9. The Balaban J connectivity index is 0.992. The van der Waals surface area contributed by atoms with E-state index in [0.29, 0.717) is 0 Å². The predicted octanol–water partition coefficient (Wildman–Crippen LogP) is 3.61. The van der Waals surface area contributed by atoms with Crippen molar-refractivity contribution in [2.45, 2.75) is 11.8 Å². The molecule has 0 amide bonds. The Morgan fingerprint density at radius 1 is 0.250 bits per heavy atom. The molecule has 16 heteroatoms. The molecule has 0 bridgehead atoms. The quantitative estimate of drug-likeness (QED) is 0.128. The van der Waals surface area contributed by atoms with E-state index in [2.05, 4.69) is 134 Å². The Kier molecular flexibility index (Phi) is 4.26. The van der Waals surface area contributed by atoms with Crippen LogP contribution in [0.2, 0.25) is 0 Å². The average molecular weight is 919 g/mol. The van der Waals surface area contributed by atoms with Crippen molar-refractivity contribution in [3.05, 3.63) is 135 Å². The second kappa shape index (κ2) is 9.43. The van der Waals surface area contributed by atoms with Crippen LogP contribution in [0.4, 0.5) is 0 Å². The number of hydrogen-bond donors (Lipinski definition) is 0. The molecule has 2 spiro atoms. The lowest BCUT2D eigenvalue weighted by Crippen LogP contribution is -2.96. The third-order valence-electron chi connectivity index (χ3n) is 17.9. The van der Waals surface area contributed by atoms with Crippen molar-refractivity contribution in [3.63, 3.8) is 0 Å². The van der Waals surface area contributed by atoms with Crippen LogP contribution in [0.3, 0.4) is 0 Å². The average Bonchev–Trinajstić information content (AvgIpc) is 4.18. The molecular formula is C56H22N16+8. The van der Waals surface area contributed by atoms with Crippen molar-refractivity contribution in [1.82, 2.24) is 39.9 Å². The lowest BCUT2D eigenvalue weighted by molar-refractivity contribution is -1.28. The van der Waals surface area contributed by atoms with E-state index >= 15 is 0 Å². The zero-order valence-corrected chi connectivity index (χ0v) is 36.9. The van der Waals surface area contributed by atoms with Gasteiger partial charge in [-0.25, -0.2) is 19.9 Å². The lowest BCUT2D eigenvalue weighted by atomic mass is 9.94. The lowest BCUT2D eigenvalue weighted by Gasteiger charge is -2.21. The molecule has 0 fully saturated rings. The molecule has 23 rings (SSSR count). The Morgan fingerprint density at radius 2 is 0.556 bits per heavy atom. The molecule has 18 heterocycles. The molecule has 318 valence electrons. The van der Waals surface area contributed by atoms with Gasteiger partial charge in [0, 0.05) is 85.6 Å². The van der Waals surface area contributed by atoms with Crippen LogP contribution in [-0.4, -0.2) is 39.9 Å². The van der Waals surface area contributed by atoms with Gasteiger partial charge in [-0.3, -0.25) is 19.9 Å². The van der Waals surface area contributed by atoms with Crippen molar-refractivity contribution in [2.24, 2.45) is 0 Å². The van der Waals surface area contributed by atoms with E-state index in [4.69, 9.17) is 39.9 Å². The minimum atomic E-state index is -0.973. The Morgan fingerprint density at radius 3 is 0.944 bits per heavy atom. The molecule has 0 radical (unpaired) electrons. The fourth-order valence-electron chi connectivity index (χ4n) is 15.8. The molecule has 15 aromatic rings. The van der Waals surface area contributed by atoms with Gasteiger partial charge in [0.05, 0.1) is 32.6 Å². The number of aromatic nitrogens is 16. The fraction of sp³-hybridized carbons (Fsp3) is 0.0357. The molecule has 0 N–H and O–H groups in total. The van der Waals surface area contributed by atoms with Gasteiger partial charge in [-0.1, -0.05) is 0 Å². The molecule has 0 aliphatic carbocycles. The highest BCUT2D eigenvalue weighted by Gasteiger charge is 2.90. The molecular weight excluding hydrogens is 897 g/mol. The van der Waals surface area contributed by atoms with Crippen LogP contribution < -0.4 is 36.5 Å². The van der Waals surface area contributed by atoms with Gasteiger partial charge in [0.2, 0.25) is 22.8 Å². The largest absolute Gasteiger partial charge is 0.772 e. The maximum Gasteiger partial charge on any atom is 0.772 e. The minimum Gasteiger partial charge on any atom is -0.253 e. The number of hydrogen-bond acceptors (Lipinski definition) is 8. The predicted molar refractivity (Wildman–Crippen MR) is 253 cm³/mol. The molecule has 72 heavy (non-hydrogen) atoms. The number of fused-ring (bicyclic) bond motifs is 12. The summed E-state index contributed by atoms with van der Waals surface area (Å²) in [6.45, 7) is 0. The van der Waals surface area contributed by atoms with Crippen LogP contribution in [-0.2, 0) is 11.8 Å². The second-order valence-electron chi connectivity index (χ2n) is 20.4. The van der Waals surface area contributed by atoms with E-state index in [-0.39, 0.29) is 0 Å². The van der Waals surface area contributed by atoms with Crippen molar-refractivity contribution < 1.29 is 36.5 Å². The topological polar surface area (TPSA) is 134 Å². The van der Waals surface area contributed by atoms with Crippen LogP contribution >= 0.6 is 0 Å². The molecule has 5 aromatic carbocycles. The number of nitrogens with zero attached hydrogens (tertiary/aromatic N) is 16. The maximum atomic E-state index is 5.75. The van der Waals surface area contributed by atoms with Gasteiger partial charge in [-0.2, -0.15) is 0 Å². The van der Waals surface area contributed by atoms with E-state index in [0.717, 1.165) is 178 Å². The molecule has 0 saturated heterocycles. The normalized spacial score (nSPS) is 18.7. The Bertz CT molecular complexity index is 5330. The summed E-state index contributed by atoms with van der Waals surface area (Å²) in [7, 11) is 0. The summed E-state index contributed by atoms with van der Waals surface area (Å²) in [6, 6.07) is 31.6. The standard InChI is InChI=1S/C56H22N16/c1-3-25-7-11-33-41-45-54-42(46-53(41)71-37(21-63-46)35-19-61-29-17-27-43(59-15-13-57-27)39-31-9-5-23(1)47-49(25)67(33)55(71,65(31)47)69(35)51(29)39)34-12-8-26-4-2-24-6-10-32-40-44-28(58-14-16-60-44)18-30-52(40)70-36(20-62-30)38(22-64-45)72(54)56(70)66(32)48(24)50(26)68(34)56/h1-22H/q+8. The highest BCUT2D eigenvalue weighted by molar-refractivity contribution is 6.16. The zero-order chi connectivity index (χ0) is 45.3. The second-order valence-corrected chi connectivity index (χ2v) is 20.4. The highest BCUT2D eigenvalue weighted by atomic mass is 15.6. The van der Waals surface area contributed by atoms with Gasteiger partial charge >= 0.3 is 56.7 Å². The first kappa shape index (κ1) is 32.5. The SMILES string of the molecule is c1cnc2c3c4c(cc2n1)ncc1[n+]4C24[n+]5c-1cnc1c6c7c(ncc8[n+]7C79[n+]%10c-8cnc8cc%11nccnc%11c(c8%10)-c8ccc%10ccc%11ccc-6[n+]7c%11c%10[n+]89)c(c15)-c1ccc5ccc6ccc-3[n+]2c6c5[n+]14. The van der Waals surface area contributed by atoms with Gasteiger partial charge in [-0.05, 0) is 60.7 Å². The monoisotopic (exact) mass is 918 g/mol. The van der Waals surface area contributed by atoms with Crippen LogP contribution in [0.1, 0.15) is 0 Å². The molecule has 16 nitrogen and oxygen atoms in total. The molecule has 2 unspecified atom stereocenters. The van der Waals surface area contributed by atoms with Crippen molar-refractivity contribution in [3.8, 4) is 67.8 Å². The number of rotatable bonds is 0. The van der Waals surface area contributed by atoms with Gasteiger partial charge < -0.3 is 0 Å². The van der Waals surface area contributed by atoms with E-state index < -0.39 is 11.8 Å². The molecule has 10 aromatic heterocycles. The minimum absolute atomic E-state index is 0.811. The van der Waals surface area contributed by atoms with E-state index in [1.807, 2.05) is 12.4 Å². The first-order valence-corrected chi connectivity index (χ1v) is 24.2. The van der Waals surface area contributed by atoms with Gasteiger partial charge in [0.25, 0.3) is 22.1 Å². The first-order chi connectivity index (χ1) is 35.7. The molecule has 0 saturated carbocycles. The van der Waals surface area contributed by atoms with Gasteiger partial charge in [0.15, 0.2) is 22.2 Å². The van der Waals surface area contributed by atoms with Crippen molar-refractivity contribution >= 4 is 110 Å². The van der Waals surface area contributed by atoms with Gasteiger partial charge in [0.1, 0.15) is 58.0 Å². The Hall–Kier alpha value is -10.2. The summed E-state index contributed by atoms with van der Waals surface area (Å²) in [5, 5.41) is 4.62. The summed E-state index contributed by atoms with van der Waals surface area (Å²) in [4.78, 5) is 41.8. The molecule has 8 aliphatic rings. The summed E-state index contributed by atoms with van der Waals surface area (Å²) in [6.07, 6.45) is 15.4. The number of pyridine rings is 4. The maximum absolute atomic E-state index is 5.75. The number of benzene rings is 5. The van der Waals surface area contributed by atoms with E-state index in [9.17, 15) is 0 Å². The van der Waals surface area contributed by atoms with E-state index in [1.54, 1.807) is 24.8 Å².